The zero-order valence-electron chi connectivity index (χ0n) is 13.7. The van der Waals surface area contributed by atoms with Crippen molar-refractivity contribution in [3.8, 4) is 5.75 Å². The number of amides is 1. The fraction of sp³-hybridized carbons (Fsp3) is 0.611. The Morgan fingerprint density at radius 1 is 1.32 bits per heavy atom. The van der Waals surface area contributed by atoms with Crippen LogP contribution in [0.4, 0.5) is 0 Å². The Kier molecular flexibility index (Phi) is 6.72. The maximum Gasteiger partial charge on any atom is 0.260 e. The van der Waals surface area contributed by atoms with Gasteiger partial charge in [0, 0.05) is 19.8 Å². The number of aryl methyl sites for hydroxylation is 1. The Balaban J connectivity index is 1.84. The highest BCUT2D eigenvalue weighted by molar-refractivity contribution is 5.80. The van der Waals surface area contributed by atoms with Crippen LogP contribution in [0.3, 0.4) is 0 Å². The Morgan fingerprint density at radius 2 is 2.14 bits per heavy atom. The molecule has 0 unspecified atom stereocenters. The summed E-state index contributed by atoms with van der Waals surface area (Å²) in [6, 6.07) is 6.16. The van der Waals surface area contributed by atoms with Crippen LogP contribution in [0.15, 0.2) is 18.2 Å². The third-order valence-corrected chi connectivity index (χ3v) is 3.99. The van der Waals surface area contributed by atoms with Crippen molar-refractivity contribution < 1.29 is 14.3 Å². The molecule has 4 nitrogen and oxygen atoms in total. The van der Waals surface area contributed by atoms with Gasteiger partial charge in [-0.15, -0.1) is 0 Å². The smallest absolute Gasteiger partial charge is 0.260 e. The van der Waals surface area contributed by atoms with Gasteiger partial charge in [-0.3, -0.25) is 4.79 Å². The molecule has 1 N–H and O–H groups in total. The number of rotatable bonds is 8. The molecule has 0 radical (unpaired) electrons. The minimum atomic E-state index is -0.472. The van der Waals surface area contributed by atoms with Crippen LogP contribution in [0.5, 0.6) is 5.75 Å². The molecule has 1 aliphatic carbocycles. The zero-order chi connectivity index (χ0) is 15.8. The van der Waals surface area contributed by atoms with E-state index in [1.165, 1.54) is 24.0 Å². The van der Waals surface area contributed by atoms with Gasteiger partial charge in [-0.05, 0) is 63.1 Å². The predicted octanol–water partition coefficient (Wildman–Crippen LogP) is 2.88. The van der Waals surface area contributed by atoms with E-state index in [1.54, 1.807) is 6.92 Å². The predicted molar refractivity (Wildman–Crippen MR) is 87.3 cm³/mol. The van der Waals surface area contributed by atoms with E-state index in [1.807, 2.05) is 19.1 Å². The second-order valence-electron chi connectivity index (χ2n) is 5.70. The molecular weight excluding hydrogens is 278 g/mol. The molecule has 0 aliphatic heterocycles. The summed E-state index contributed by atoms with van der Waals surface area (Å²) in [6.45, 7) is 5.79. The lowest BCUT2D eigenvalue weighted by molar-refractivity contribution is -0.127. The Bertz CT molecular complexity index is 487. The van der Waals surface area contributed by atoms with E-state index in [0.717, 1.165) is 25.0 Å². The number of carbonyl (C=O) groups excluding carboxylic acids is 1. The standard InChI is InChI=1S/C18H27NO3/c1-3-21-13-7-12-19-18(20)14(2)22-17-11-6-9-15-8-4-5-10-16(15)17/h6,9,11,14H,3-5,7-8,10,12-13H2,1-2H3,(H,19,20)/t14-/m0/s1. The van der Waals surface area contributed by atoms with Gasteiger partial charge in [0.25, 0.3) is 5.91 Å². The molecule has 0 saturated heterocycles. The lowest BCUT2D eigenvalue weighted by atomic mass is 9.91. The lowest BCUT2D eigenvalue weighted by Crippen LogP contribution is -2.37. The zero-order valence-corrected chi connectivity index (χ0v) is 13.7. The first-order valence-electron chi connectivity index (χ1n) is 8.35. The van der Waals surface area contributed by atoms with Crippen molar-refractivity contribution in [2.75, 3.05) is 19.8 Å². The van der Waals surface area contributed by atoms with Gasteiger partial charge in [0.15, 0.2) is 6.10 Å². The summed E-state index contributed by atoms with van der Waals surface area (Å²) in [5.74, 6) is 0.805. The number of hydrogen-bond donors (Lipinski definition) is 1. The van der Waals surface area contributed by atoms with Gasteiger partial charge in [0.05, 0.1) is 0 Å². The van der Waals surface area contributed by atoms with E-state index in [0.29, 0.717) is 19.8 Å². The minimum Gasteiger partial charge on any atom is -0.481 e. The van der Waals surface area contributed by atoms with E-state index in [-0.39, 0.29) is 5.91 Å². The summed E-state index contributed by atoms with van der Waals surface area (Å²) < 4.78 is 11.2. The lowest BCUT2D eigenvalue weighted by Gasteiger charge is -2.22. The average Bonchev–Trinajstić information content (AvgIpc) is 2.54. The third-order valence-electron chi connectivity index (χ3n) is 3.99. The summed E-state index contributed by atoms with van der Waals surface area (Å²) >= 11 is 0. The maximum absolute atomic E-state index is 12.1. The first-order chi connectivity index (χ1) is 10.7. The van der Waals surface area contributed by atoms with Crippen molar-refractivity contribution in [1.82, 2.24) is 5.32 Å². The molecular formula is C18H27NO3. The van der Waals surface area contributed by atoms with Crippen LogP contribution >= 0.6 is 0 Å². The van der Waals surface area contributed by atoms with Crippen molar-refractivity contribution in [3.05, 3.63) is 29.3 Å². The van der Waals surface area contributed by atoms with Crippen LogP contribution in [0.2, 0.25) is 0 Å². The summed E-state index contributed by atoms with van der Waals surface area (Å²) in [7, 11) is 0. The Morgan fingerprint density at radius 3 is 2.95 bits per heavy atom. The molecule has 0 saturated carbocycles. The molecule has 122 valence electrons. The normalized spacial score (nSPS) is 15.0. The topological polar surface area (TPSA) is 47.6 Å². The van der Waals surface area contributed by atoms with Gasteiger partial charge in [0.2, 0.25) is 0 Å². The van der Waals surface area contributed by atoms with E-state index < -0.39 is 6.10 Å². The molecule has 4 heteroatoms. The number of nitrogens with one attached hydrogen (secondary N) is 1. The molecule has 1 aliphatic rings. The highest BCUT2D eigenvalue weighted by Gasteiger charge is 2.18. The number of ether oxygens (including phenoxy) is 2. The van der Waals surface area contributed by atoms with Crippen molar-refractivity contribution in [3.63, 3.8) is 0 Å². The highest BCUT2D eigenvalue weighted by atomic mass is 16.5. The SMILES string of the molecule is CCOCCCNC(=O)[C@H](C)Oc1cccc2c1CCCC2. The molecule has 1 amide bonds. The van der Waals surface area contributed by atoms with Crippen LogP contribution in [0.1, 0.15) is 44.2 Å². The van der Waals surface area contributed by atoms with Crippen molar-refractivity contribution in [2.45, 2.75) is 52.1 Å². The molecule has 22 heavy (non-hydrogen) atoms. The fourth-order valence-electron chi connectivity index (χ4n) is 2.77. The molecule has 2 rings (SSSR count). The quantitative estimate of drug-likeness (QED) is 0.751. The van der Waals surface area contributed by atoms with E-state index in [9.17, 15) is 4.79 Å². The molecule has 0 aromatic heterocycles. The van der Waals surface area contributed by atoms with Crippen LogP contribution in [0.25, 0.3) is 0 Å². The first-order valence-corrected chi connectivity index (χ1v) is 8.35. The summed E-state index contributed by atoms with van der Waals surface area (Å²) in [4.78, 5) is 12.1. The van der Waals surface area contributed by atoms with Crippen LogP contribution < -0.4 is 10.1 Å². The molecule has 1 atom stereocenters. The molecule has 1 aromatic carbocycles. The minimum absolute atomic E-state index is 0.0649. The van der Waals surface area contributed by atoms with Crippen molar-refractivity contribution >= 4 is 5.91 Å². The van der Waals surface area contributed by atoms with Crippen LogP contribution in [-0.4, -0.2) is 31.8 Å². The molecule has 0 fully saturated rings. The van der Waals surface area contributed by atoms with E-state index >= 15 is 0 Å². The molecule has 1 aromatic rings. The first kappa shape index (κ1) is 16.8. The molecule has 0 spiro atoms. The summed E-state index contributed by atoms with van der Waals surface area (Å²) in [5.41, 5.74) is 2.65. The summed E-state index contributed by atoms with van der Waals surface area (Å²) in [5, 5.41) is 2.90. The van der Waals surface area contributed by atoms with Gasteiger partial charge in [-0.1, -0.05) is 12.1 Å². The average molecular weight is 305 g/mol. The third kappa shape index (κ3) is 4.73. The largest absolute Gasteiger partial charge is 0.481 e. The maximum atomic E-state index is 12.1. The number of fused-ring (bicyclic) bond motifs is 1. The second-order valence-corrected chi connectivity index (χ2v) is 5.70. The van der Waals surface area contributed by atoms with Gasteiger partial charge in [0.1, 0.15) is 5.75 Å². The number of hydrogen-bond acceptors (Lipinski definition) is 3. The Labute approximate surface area is 133 Å². The molecule has 0 bridgehead atoms. The van der Waals surface area contributed by atoms with Gasteiger partial charge in [-0.2, -0.15) is 0 Å². The Hall–Kier alpha value is -1.55. The number of carbonyl (C=O) groups is 1. The van der Waals surface area contributed by atoms with Crippen molar-refractivity contribution in [2.24, 2.45) is 0 Å². The van der Waals surface area contributed by atoms with E-state index in [4.69, 9.17) is 9.47 Å². The van der Waals surface area contributed by atoms with E-state index in [2.05, 4.69) is 11.4 Å². The van der Waals surface area contributed by atoms with Crippen LogP contribution in [-0.2, 0) is 22.4 Å². The van der Waals surface area contributed by atoms with Crippen LogP contribution in [0, 0.1) is 0 Å². The van der Waals surface area contributed by atoms with Gasteiger partial charge < -0.3 is 14.8 Å². The highest BCUT2D eigenvalue weighted by Crippen LogP contribution is 2.30. The summed E-state index contributed by atoms with van der Waals surface area (Å²) in [6.07, 6.45) is 4.96. The van der Waals surface area contributed by atoms with Gasteiger partial charge >= 0.3 is 0 Å². The van der Waals surface area contributed by atoms with Gasteiger partial charge in [-0.25, -0.2) is 0 Å². The second kappa shape index (κ2) is 8.79. The van der Waals surface area contributed by atoms with Crippen molar-refractivity contribution in [1.29, 1.82) is 0 Å². The monoisotopic (exact) mass is 305 g/mol. The molecule has 0 heterocycles. The fourth-order valence-corrected chi connectivity index (χ4v) is 2.77. The number of benzene rings is 1.